The maximum Gasteiger partial charge on any atom is 0.573 e. The third-order valence-corrected chi connectivity index (χ3v) is 5.35. The number of nitrogens with zero attached hydrogens (tertiary/aromatic N) is 2. The predicted molar refractivity (Wildman–Crippen MR) is 106 cm³/mol. The highest BCUT2D eigenvalue weighted by atomic mass is 32.2. The number of carboxylic acid groups (broad SMARTS) is 1. The van der Waals surface area contributed by atoms with E-state index < -0.39 is 23.3 Å². The molecule has 0 radical (unpaired) electrons. The van der Waals surface area contributed by atoms with Crippen LogP contribution in [0, 0.1) is 0 Å². The number of halogens is 3. The number of ether oxygens (including phenoxy) is 1. The van der Waals surface area contributed by atoms with Crippen molar-refractivity contribution in [1.29, 1.82) is 0 Å². The van der Waals surface area contributed by atoms with Crippen molar-refractivity contribution in [3.05, 3.63) is 60.2 Å². The van der Waals surface area contributed by atoms with Gasteiger partial charge in [-0.2, -0.15) is 0 Å². The van der Waals surface area contributed by atoms with Crippen LogP contribution in [0.25, 0.3) is 0 Å². The lowest BCUT2D eigenvalue weighted by Gasteiger charge is -2.30. The first-order valence-electron chi connectivity index (χ1n) is 8.89. The van der Waals surface area contributed by atoms with E-state index in [0.717, 1.165) is 29.5 Å². The summed E-state index contributed by atoms with van der Waals surface area (Å²) < 4.78 is 40.7. The molecule has 30 heavy (non-hydrogen) atoms. The van der Waals surface area contributed by atoms with Gasteiger partial charge < -0.3 is 9.84 Å². The minimum absolute atomic E-state index is 0.161. The zero-order valence-corrected chi connectivity index (χ0v) is 16.3. The molecule has 1 unspecified atom stereocenters. The van der Waals surface area contributed by atoms with E-state index in [-0.39, 0.29) is 23.2 Å². The molecule has 158 valence electrons. The molecule has 2 aromatic rings. The Morgan fingerprint density at radius 3 is 2.43 bits per heavy atom. The van der Waals surface area contributed by atoms with Crippen LogP contribution in [0.4, 0.5) is 18.9 Å². The second-order valence-electron chi connectivity index (χ2n) is 6.37. The molecule has 2 aromatic carbocycles. The number of alkyl halides is 3. The first-order chi connectivity index (χ1) is 14.2. The number of carbonyl (C=O) groups excluding carboxylic acids is 1. The first-order valence-corrected chi connectivity index (χ1v) is 9.77. The lowest BCUT2D eigenvalue weighted by Crippen LogP contribution is -2.44. The number of hydrogen-bond acceptors (Lipinski definition) is 5. The lowest BCUT2D eigenvalue weighted by molar-refractivity contribution is -0.274. The number of thioether (sulfide) groups is 1. The number of benzene rings is 2. The smallest absolute Gasteiger partial charge is 0.480 e. The summed E-state index contributed by atoms with van der Waals surface area (Å²) in [5, 5.41) is 8.53. The Kier molecular flexibility index (Phi) is 6.66. The van der Waals surface area contributed by atoms with Gasteiger partial charge in [0.2, 0.25) is 5.91 Å². The summed E-state index contributed by atoms with van der Waals surface area (Å²) in [7, 11) is 0. The van der Waals surface area contributed by atoms with E-state index in [1.54, 1.807) is 0 Å². The normalized spacial score (nSPS) is 18.5. The van der Waals surface area contributed by atoms with Gasteiger partial charge in [-0.25, -0.2) is 4.99 Å². The Morgan fingerprint density at radius 2 is 1.83 bits per heavy atom. The van der Waals surface area contributed by atoms with Crippen LogP contribution < -0.4 is 4.74 Å². The summed E-state index contributed by atoms with van der Waals surface area (Å²) in [4.78, 5) is 29.7. The average molecular weight is 438 g/mol. The second-order valence-corrected chi connectivity index (χ2v) is 7.54. The van der Waals surface area contributed by atoms with E-state index in [1.165, 1.54) is 17.0 Å². The van der Waals surface area contributed by atoms with Crippen molar-refractivity contribution in [3.63, 3.8) is 0 Å². The highest BCUT2D eigenvalue weighted by Gasteiger charge is 2.35. The van der Waals surface area contributed by atoms with Crippen molar-refractivity contribution in [3.8, 4) is 5.75 Å². The van der Waals surface area contributed by atoms with Crippen LogP contribution in [0.1, 0.15) is 12.0 Å². The SMILES string of the molecule is O=C(O)C1CC(=O)N(CCc2ccccc2)C(=Nc2ccc(OC(F)(F)F)cc2)S1. The molecular weight excluding hydrogens is 421 g/mol. The Morgan fingerprint density at radius 1 is 1.17 bits per heavy atom. The Balaban J connectivity index is 1.81. The fraction of sp³-hybridized carbons (Fsp3) is 0.250. The topological polar surface area (TPSA) is 79.2 Å². The third kappa shape index (κ3) is 5.99. The number of amides is 1. The monoisotopic (exact) mass is 438 g/mol. The Bertz CT molecular complexity index is 933. The lowest BCUT2D eigenvalue weighted by atomic mass is 10.1. The van der Waals surface area contributed by atoms with Gasteiger partial charge in [0.05, 0.1) is 12.1 Å². The molecule has 0 bridgehead atoms. The van der Waals surface area contributed by atoms with Crippen LogP contribution in [0.2, 0.25) is 0 Å². The average Bonchev–Trinajstić information content (AvgIpc) is 2.68. The molecular formula is C20H17F3N2O4S. The summed E-state index contributed by atoms with van der Waals surface area (Å²) in [6.45, 7) is 0.302. The zero-order valence-electron chi connectivity index (χ0n) is 15.5. The second kappa shape index (κ2) is 9.21. The van der Waals surface area contributed by atoms with Crippen molar-refractivity contribution in [1.82, 2.24) is 4.90 Å². The fourth-order valence-electron chi connectivity index (χ4n) is 2.77. The van der Waals surface area contributed by atoms with Crippen molar-refractivity contribution >= 4 is 34.5 Å². The van der Waals surface area contributed by atoms with Gasteiger partial charge in [0.15, 0.2) is 5.17 Å². The molecule has 10 heteroatoms. The van der Waals surface area contributed by atoms with E-state index in [9.17, 15) is 27.9 Å². The van der Waals surface area contributed by atoms with Gasteiger partial charge in [-0.15, -0.1) is 13.2 Å². The highest BCUT2D eigenvalue weighted by molar-refractivity contribution is 8.15. The van der Waals surface area contributed by atoms with Crippen LogP contribution in [0.5, 0.6) is 5.75 Å². The minimum atomic E-state index is -4.80. The highest BCUT2D eigenvalue weighted by Crippen LogP contribution is 2.30. The number of amidine groups is 1. The molecule has 0 spiro atoms. The molecule has 1 atom stereocenters. The van der Waals surface area contributed by atoms with Gasteiger partial charge in [0.1, 0.15) is 11.0 Å². The molecule has 1 fully saturated rings. The molecule has 0 aliphatic carbocycles. The van der Waals surface area contributed by atoms with Crippen LogP contribution in [0.15, 0.2) is 59.6 Å². The molecule has 1 amide bonds. The molecule has 1 heterocycles. The molecule has 6 nitrogen and oxygen atoms in total. The van der Waals surface area contributed by atoms with Gasteiger partial charge in [0, 0.05) is 6.54 Å². The van der Waals surface area contributed by atoms with Crippen molar-refractivity contribution in [2.24, 2.45) is 4.99 Å². The minimum Gasteiger partial charge on any atom is -0.480 e. The van der Waals surface area contributed by atoms with Crippen molar-refractivity contribution in [2.45, 2.75) is 24.5 Å². The van der Waals surface area contributed by atoms with Crippen LogP contribution in [-0.2, 0) is 16.0 Å². The number of aliphatic imine (C=N–C) groups is 1. The first kappa shape index (κ1) is 21.7. The van der Waals surface area contributed by atoms with E-state index >= 15 is 0 Å². The van der Waals surface area contributed by atoms with Crippen LogP contribution >= 0.6 is 11.8 Å². The summed E-state index contributed by atoms with van der Waals surface area (Å²) in [6, 6.07) is 14.3. The third-order valence-electron chi connectivity index (χ3n) is 4.18. The number of rotatable bonds is 6. The molecule has 1 N–H and O–H groups in total. The number of hydrogen-bond donors (Lipinski definition) is 1. The summed E-state index contributed by atoms with van der Waals surface area (Å²) in [6.07, 6.45) is -4.42. The zero-order chi connectivity index (χ0) is 21.7. The van der Waals surface area contributed by atoms with Gasteiger partial charge in [-0.3, -0.25) is 14.5 Å². The quantitative estimate of drug-likeness (QED) is 0.730. The van der Waals surface area contributed by atoms with Gasteiger partial charge >= 0.3 is 12.3 Å². The molecule has 1 saturated heterocycles. The van der Waals surface area contributed by atoms with Crippen molar-refractivity contribution in [2.75, 3.05) is 6.54 Å². The van der Waals surface area contributed by atoms with E-state index in [2.05, 4.69) is 9.73 Å². The van der Waals surface area contributed by atoms with Crippen molar-refractivity contribution < 1.29 is 32.6 Å². The van der Waals surface area contributed by atoms with Crippen LogP contribution in [0.3, 0.4) is 0 Å². The Hall–Kier alpha value is -3.01. The number of carboxylic acids is 1. The summed E-state index contributed by atoms with van der Waals surface area (Å²) in [5.41, 5.74) is 1.28. The maximum atomic E-state index is 12.6. The number of carbonyl (C=O) groups is 2. The Labute approximate surface area is 174 Å². The predicted octanol–water partition coefficient (Wildman–Crippen LogP) is 4.23. The van der Waals surface area contributed by atoms with Gasteiger partial charge in [0.25, 0.3) is 0 Å². The molecule has 3 rings (SSSR count). The molecule has 0 aromatic heterocycles. The fourth-order valence-corrected chi connectivity index (χ4v) is 3.83. The largest absolute Gasteiger partial charge is 0.573 e. The molecule has 0 saturated carbocycles. The summed E-state index contributed by atoms with van der Waals surface area (Å²) in [5.74, 6) is -1.89. The standard InChI is InChI=1S/C20H17F3N2O4S/c21-20(22,23)29-15-8-6-14(7-9-15)24-19-25(11-10-13-4-2-1-3-5-13)17(26)12-16(30-19)18(27)28/h1-9,16H,10-12H2,(H,27,28). The van der Waals surface area contributed by atoms with Gasteiger partial charge in [-0.05, 0) is 36.2 Å². The molecule has 1 aliphatic rings. The van der Waals surface area contributed by atoms with E-state index in [1.807, 2.05) is 30.3 Å². The maximum absolute atomic E-state index is 12.6. The van der Waals surface area contributed by atoms with Crippen LogP contribution in [-0.4, -0.2) is 45.2 Å². The molecule has 1 aliphatic heterocycles. The van der Waals surface area contributed by atoms with E-state index in [0.29, 0.717) is 13.0 Å². The number of aliphatic carboxylic acids is 1. The van der Waals surface area contributed by atoms with E-state index in [4.69, 9.17) is 0 Å². The van der Waals surface area contributed by atoms with Gasteiger partial charge in [-0.1, -0.05) is 42.1 Å². The summed E-state index contributed by atoms with van der Waals surface area (Å²) >= 11 is 0.940.